The summed E-state index contributed by atoms with van der Waals surface area (Å²) < 4.78 is 13.3. The molecule has 0 amide bonds. The lowest BCUT2D eigenvalue weighted by molar-refractivity contribution is 0.443. The molecule has 3 heteroatoms. The van der Waals surface area contributed by atoms with Crippen LogP contribution in [-0.2, 0) is 32.1 Å². The number of hydrogen-bond donors (Lipinski definition) is 0. The molecule has 0 bridgehead atoms. The van der Waals surface area contributed by atoms with Crippen LogP contribution in [0.3, 0.4) is 0 Å². The van der Waals surface area contributed by atoms with Crippen molar-refractivity contribution in [2.45, 2.75) is 32.1 Å². The maximum absolute atomic E-state index is 6.71. The van der Waals surface area contributed by atoms with Crippen LogP contribution in [0.5, 0.6) is 23.0 Å². The summed E-state index contributed by atoms with van der Waals surface area (Å²) in [5, 5.41) is 0. The van der Waals surface area contributed by atoms with Gasteiger partial charge in [-0.25, -0.2) is 0 Å². The van der Waals surface area contributed by atoms with Gasteiger partial charge in [0, 0.05) is 5.56 Å². The fourth-order valence-corrected chi connectivity index (χ4v) is 6.59. The van der Waals surface area contributed by atoms with Gasteiger partial charge in [0.25, 0.3) is 0 Å². The second-order valence-corrected chi connectivity index (χ2v) is 11.3. The minimum atomic E-state index is 0.723. The fraction of sp³-hybridized carbons (Fsp3) is 0.135. The van der Waals surface area contributed by atoms with Crippen molar-refractivity contribution in [2.75, 3.05) is 4.90 Å². The van der Waals surface area contributed by atoms with Crippen LogP contribution in [0.2, 0.25) is 0 Å². The van der Waals surface area contributed by atoms with Gasteiger partial charge >= 0.3 is 0 Å². The van der Waals surface area contributed by atoms with E-state index in [9.17, 15) is 0 Å². The number of nitrogens with zero attached hydrogens (tertiary/aromatic N) is 1. The molecule has 0 spiro atoms. The van der Waals surface area contributed by atoms with E-state index in [2.05, 4.69) is 96.4 Å². The van der Waals surface area contributed by atoms with Gasteiger partial charge in [0.05, 0.1) is 11.4 Å². The van der Waals surface area contributed by atoms with Gasteiger partial charge in [-0.1, -0.05) is 60.7 Å². The number of benzene rings is 5. The number of ether oxygens (including phenoxy) is 2. The van der Waals surface area contributed by atoms with Crippen molar-refractivity contribution < 1.29 is 9.47 Å². The molecule has 0 saturated heterocycles. The molecule has 3 nitrogen and oxygen atoms in total. The van der Waals surface area contributed by atoms with Crippen LogP contribution in [0.4, 0.5) is 17.1 Å². The Morgan fingerprint density at radius 2 is 1.12 bits per heavy atom. The minimum absolute atomic E-state index is 0.723. The summed E-state index contributed by atoms with van der Waals surface area (Å²) in [6.07, 6.45) is 7.38. The maximum atomic E-state index is 6.71. The quantitative estimate of drug-likeness (QED) is 0.217. The molecule has 0 fully saturated rings. The van der Waals surface area contributed by atoms with Crippen molar-refractivity contribution in [1.82, 2.24) is 0 Å². The summed E-state index contributed by atoms with van der Waals surface area (Å²) in [6, 6.07) is 31.0. The van der Waals surface area contributed by atoms with E-state index in [-0.39, 0.29) is 0 Å². The normalized spacial score (nSPS) is 14.7. The minimum Gasteiger partial charge on any atom is -0.453 e. The number of aryl methyl sites for hydroxylation is 4. The van der Waals surface area contributed by atoms with E-state index in [1.165, 1.54) is 70.2 Å². The molecular weight excluding hydrogens is 490 g/mol. The highest BCUT2D eigenvalue weighted by molar-refractivity contribution is 5.95. The van der Waals surface area contributed by atoms with Gasteiger partial charge in [0.1, 0.15) is 5.69 Å². The third-order valence-corrected chi connectivity index (χ3v) is 9.00. The highest BCUT2D eigenvalue weighted by atomic mass is 16.5. The van der Waals surface area contributed by atoms with Crippen molar-refractivity contribution in [3.8, 4) is 45.3 Å². The van der Waals surface area contributed by atoms with Crippen molar-refractivity contribution in [2.24, 2.45) is 0 Å². The number of anilines is 3. The van der Waals surface area contributed by atoms with Crippen LogP contribution < -0.4 is 14.4 Å². The topological polar surface area (TPSA) is 21.7 Å². The zero-order valence-corrected chi connectivity index (χ0v) is 22.2. The number of hydrogen-bond acceptors (Lipinski definition) is 3. The van der Waals surface area contributed by atoms with Crippen LogP contribution in [0.15, 0.2) is 97.6 Å². The Kier molecular flexibility index (Phi) is 4.49. The molecule has 0 atom stereocenters. The Hall–Kier alpha value is -4.76. The third kappa shape index (κ3) is 3.12. The number of rotatable bonds is 4. The van der Waals surface area contributed by atoms with Crippen molar-refractivity contribution in [3.05, 3.63) is 125 Å². The first kappa shape index (κ1) is 22.1. The number of fused-ring (bicyclic) bond motifs is 6. The second-order valence-electron chi connectivity index (χ2n) is 11.3. The highest BCUT2D eigenvalue weighted by Crippen LogP contribution is 2.61. The summed E-state index contributed by atoms with van der Waals surface area (Å²) >= 11 is 0. The van der Waals surface area contributed by atoms with Gasteiger partial charge in [0.15, 0.2) is 23.0 Å². The summed E-state index contributed by atoms with van der Waals surface area (Å²) in [6.45, 7) is 3.99. The molecule has 4 aliphatic rings. The molecule has 2 heterocycles. The summed E-state index contributed by atoms with van der Waals surface area (Å²) in [5.74, 6) is 3.36. The molecule has 40 heavy (non-hydrogen) atoms. The van der Waals surface area contributed by atoms with Crippen LogP contribution in [0.25, 0.3) is 22.3 Å². The van der Waals surface area contributed by atoms with Gasteiger partial charge in [-0.2, -0.15) is 0 Å². The lowest BCUT2D eigenvalue weighted by Crippen LogP contribution is -2.21. The molecule has 0 N–H and O–H groups in total. The van der Waals surface area contributed by atoms with E-state index in [1.807, 2.05) is 6.08 Å². The molecule has 192 valence electrons. The largest absolute Gasteiger partial charge is 0.453 e. The lowest BCUT2D eigenvalue weighted by Gasteiger charge is -2.39. The summed E-state index contributed by atoms with van der Waals surface area (Å²) in [4.78, 5) is 2.32. The Balaban J connectivity index is 1.20. The molecule has 2 aliphatic heterocycles. The van der Waals surface area contributed by atoms with Crippen molar-refractivity contribution in [3.63, 3.8) is 0 Å². The molecule has 9 rings (SSSR count). The van der Waals surface area contributed by atoms with E-state index in [1.54, 1.807) is 0 Å². The Labute approximate surface area is 233 Å². The van der Waals surface area contributed by atoms with Gasteiger partial charge in [-0.15, -0.1) is 6.58 Å². The molecular formula is C37H27NO2. The first-order chi connectivity index (χ1) is 19.7. The molecule has 0 saturated carbocycles. The van der Waals surface area contributed by atoms with Crippen LogP contribution in [-0.4, -0.2) is 0 Å². The van der Waals surface area contributed by atoms with Gasteiger partial charge < -0.3 is 9.47 Å². The molecule has 2 aliphatic carbocycles. The van der Waals surface area contributed by atoms with Crippen LogP contribution in [0.1, 0.15) is 27.8 Å². The monoisotopic (exact) mass is 517 g/mol. The van der Waals surface area contributed by atoms with Crippen LogP contribution in [0, 0.1) is 0 Å². The molecule has 5 aromatic rings. The van der Waals surface area contributed by atoms with E-state index in [4.69, 9.17) is 9.47 Å². The molecule has 0 aromatic heterocycles. The van der Waals surface area contributed by atoms with E-state index >= 15 is 0 Å². The van der Waals surface area contributed by atoms with E-state index < -0.39 is 0 Å². The van der Waals surface area contributed by atoms with Crippen molar-refractivity contribution in [1.29, 1.82) is 0 Å². The third-order valence-electron chi connectivity index (χ3n) is 9.00. The summed E-state index contributed by atoms with van der Waals surface area (Å²) in [5.41, 5.74) is 14.8. The van der Waals surface area contributed by atoms with Gasteiger partial charge in [-0.05, 0) is 107 Å². The lowest BCUT2D eigenvalue weighted by atomic mass is 9.86. The average molecular weight is 518 g/mol. The fourth-order valence-electron chi connectivity index (χ4n) is 6.59. The first-order valence-corrected chi connectivity index (χ1v) is 14.2. The summed E-state index contributed by atoms with van der Waals surface area (Å²) in [7, 11) is 0. The van der Waals surface area contributed by atoms with Crippen LogP contribution >= 0.6 is 0 Å². The van der Waals surface area contributed by atoms with E-state index in [0.29, 0.717) is 0 Å². The zero-order valence-electron chi connectivity index (χ0n) is 22.2. The van der Waals surface area contributed by atoms with Crippen molar-refractivity contribution >= 4 is 17.1 Å². The molecule has 5 aromatic carbocycles. The van der Waals surface area contributed by atoms with Gasteiger partial charge in [0.2, 0.25) is 0 Å². The number of allylic oxidation sites excluding steroid dienone is 1. The highest BCUT2D eigenvalue weighted by Gasteiger charge is 2.36. The second kappa shape index (κ2) is 8.12. The zero-order chi connectivity index (χ0) is 26.4. The SMILES string of the molecule is C=CCc1ccc2c3c1Oc1cc(-c4ccc5c(c4)CC5)ccc1N3c1ccc(-c3ccc4c(c3)CC4)cc1O2. The standard InChI is InChI=1S/C37H27NO2/c1-2-3-24-14-17-33-36-37(24)40-35-21-30(28-11-7-23-5-9-26(23)19-28)13-16-32(35)38(36)31-15-12-29(20-34(31)39-33)27-10-6-22-4-8-25(22)18-27/h2,6-7,10-21H,1,3-5,8-9H2. The Morgan fingerprint density at radius 3 is 1.68 bits per heavy atom. The Morgan fingerprint density at radius 1 is 0.575 bits per heavy atom. The first-order valence-electron chi connectivity index (χ1n) is 14.2. The molecule has 0 radical (unpaired) electrons. The Bertz CT molecular complexity index is 1910. The van der Waals surface area contributed by atoms with E-state index in [0.717, 1.165) is 52.0 Å². The maximum Gasteiger partial charge on any atom is 0.158 e. The smallest absolute Gasteiger partial charge is 0.158 e. The average Bonchev–Trinajstić information content (AvgIpc) is 2.95. The predicted octanol–water partition coefficient (Wildman–Crippen LogP) is 9.63. The molecule has 0 unspecified atom stereocenters. The predicted molar refractivity (Wildman–Crippen MR) is 161 cm³/mol. The van der Waals surface area contributed by atoms with Gasteiger partial charge in [-0.3, -0.25) is 4.90 Å².